The SMILES string of the molecule is CCCCCCC(C(=O)OCCC)C(F)(F)F. The normalized spacial score (nSPS) is 13.5. The van der Waals surface area contributed by atoms with E-state index in [-0.39, 0.29) is 13.0 Å². The molecular weight excluding hydrogens is 233 g/mol. The summed E-state index contributed by atoms with van der Waals surface area (Å²) in [6.07, 6.45) is -1.12. The molecule has 2 nitrogen and oxygen atoms in total. The first-order valence-electron chi connectivity index (χ1n) is 6.16. The van der Waals surface area contributed by atoms with Gasteiger partial charge in [0.2, 0.25) is 0 Å². The zero-order valence-electron chi connectivity index (χ0n) is 10.5. The van der Waals surface area contributed by atoms with E-state index in [0.29, 0.717) is 12.8 Å². The quantitative estimate of drug-likeness (QED) is 0.481. The maximum atomic E-state index is 12.6. The number of esters is 1. The Hall–Kier alpha value is -0.740. The molecule has 0 saturated carbocycles. The van der Waals surface area contributed by atoms with E-state index < -0.39 is 18.1 Å². The second-order valence-corrected chi connectivity index (χ2v) is 4.11. The predicted molar refractivity (Wildman–Crippen MR) is 59.6 cm³/mol. The van der Waals surface area contributed by atoms with Crippen molar-refractivity contribution in [3.8, 4) is 0 Å². The second kappa shape index (κ2) is 8.37. The average Bonchev–Trinajstić information content (AvgIpc) is 2.24. The number of hydrogen-bond donors (Lipinski definition) is 0. The summed E-state index contributed by atoms with van der Waals surface area (Å²) >= 11 is 0. The fourth-order valence-corrected chi connectivity index (χ4v) is 1.49. The van der Waals surface area contributed by atoms with Crippen LogP contribution in [0.3, 0.4) is 0 Å². The highest BCUT2D eigenvalue weighted by Gasteiger charge is 2.45. The number of rotatable bonds is 8. The summed E-state index contributed by atoms with van der Waals surface area (Å²) in [5.74, 6) is -3.08. The van der Waals surface area contributed by atoms with Crippen LogP contribution in [0.4, 0.5) is 13.2 Å². The van der Waals surface area contributed by atoms with Gasteiger partial charge >= 0.3 is 12.1 Å². The minimum atomic E-state index is -4.49. The number of halogens is 3. The molecule has 1 atom stereocenters. The van der Waals surface area contributed by atoms with Crippen LogP contribution in [-0.4, -0.2) is 18.8 Å². The Morgan fingerprint density at radius 3 is 2.24 bits per heavy atom. The molecule has 0 amide bonds. The minimum absolute atomic E-state index is 0.0559. The van der Waals surface area contributed by atoms with Crippen molar-refractivity contribution < 1.29 is 22.7 Å². The van der Waals surface area contributed by atoms with Crippen LogP contribution in [-0.2, 0) is 9.53 Å². The van der Waals surface area contributed by atoms with Crippen LogP contribution >= 0.6 is 0 Å². The number of carbonyl (C=O) groups is 1. The summed E-state index contributed by atoms with van der Waals surface area (Å²) in [6, 6.07) is 0. The van der Waals surface area contributed by atoms with E-state index in [1.54, 1.807) is 6.92 Å². The van der Waals surface area contributed by atoms with Gasteiger partial charge in [0.1, 0.15) is 0 Å². The number of alkyl halides is 3. The molecule has 0 aromatic carbocycles. The first kappa shape index (κ1) is 16.3. The minimum Gasteiger partial charge on any atom is -0.465 e. The Labute approximate surface area is 101 Å². The van der Waals surface area contributed by atoms with Crippen LogP contribution < -0.4 is 0 Å². The van der Waals surface area contributed by atoms with E-state index in [4.69, 9.17) is 0 Å². The highest BCUT2D eigenvalue weighted by Crippen LogP contribution is 2.31. The van der Waals surface area contributed by atoms with Crippen molar-refractivity contribution in [1.29, 1.82) is 0 Å². The van der Waals surface area contributed by atoms with E-state index in [1.807, 2.05) is 6.92 Å². The molecule has 1 unspecified atom stereocenters. The van der Waals surface area contributed by atoms with E-state index in [1.165, 1.54) is 0 Å². The van der Waals surface area contributed by atoms with Crippen molar-refractivity contribution in [3.05, 3.63) is 0 Å². The highest BCUT2D eigenvalue weighted by atomic mass is 19.4. The molecule has 0 spiro atoms. The van der Waals surface area contributed by atoms with Gasteiger partial charge in [-0.25, -0.2) is 0 Å². The lowest BCUT2D eigenvalue weighted by Gasteiger charge is -2.18. The smallest absolute Gasteiger partial charge is 0.402 e. The fourth-order valence-electron chi connectivity index (χ4n) is 1.49. The molecule has 0 aliphatic carbocycles. The van der Waals surface area contributed by atoms with Crippen LogP contribution in [0, 0.1) is 5.92 Å². The van der Waals surface area contributed by atoms with Gasteiger partial charge in [0.15, 0.2) is 5.92 Å². The molecular formula is C12H21F3O2. The summed E-state index contributed by atoms with van der Waals surface area (Å²) in [5, 5.41) is 0. The van der Waals surface area contributed by atoms with Gasteiger partial charge in [-0.3, -0.25) is 4.79 Å². The number of carbonyl (C=O) groups excluding carboxylic acids is 1. The second-order valence-electron chi connectivity index (χ2n) is 4.11. The van der Waals surface area contributed by atoms with Crippen molar-refractivity contribution in [2.75, 3.05) is 6.61 Å². The molecule has 17 heavy (non-hydrogen) atoms. The predicted octanol–water partition coefficient (Wildman–Crippen LogP) is 4.09. The van der Waals surface area contributed by atoms with Crippen molar-refractivity contribution in [3.63, 3.8) is 0 Å². The Morgan fingerprint density at radius 1 is 1.12 bits per heavy atom. The van der Waals surface area contributed by atoms with Gasteiger partial charge in [-0.15, -0.1) is 0 Å². The third kappa shape index (κ3) is 7.23. The van der Waals surface area contributed by atoms with Crippen LogP contribution in [0.1, 0.15) is 52.4 Å². The fraction of sp³-hybridized carbons (Fsp3) is 0.917. The molecule has 0 rings (SSSR count). The molecule has 0 aliphatic heterocycles. The number of ether oxygens (including phenoxy) is 1. The molecule has 0 N–H and O–H groups in total. The van der Waals surface area contributed by atoms with Crippen molar-refractivity contribution in [1.82, 2.24) is 0 Å². The first-order valence-corrected chi connectivity index (χ1v) is 6.16. The summed E-state index contributed by atoms with van der Waals surface area (Å²) in [4.78, 5) is 11.3. The lowest BCUT2D eigenvalue weighted by Crippen LogP contribution is -2.32. The van der Waals surface area contributed by atoms with Crippen LogP contribution in [0.5, 0.6) is 0 Å². The summed E-state index contributed by atoms with van der Waals surface area (Å²) in [6.45, 7) is 3.79. The zero-order chi connectivity index (χ0) is 13.3. The Morgan fingerprint density at radius 2 is 1.76 bits per heavy atom. The maximum Gasteiger partial charge on any atom is 0.402 e. The zero-order valence-corrected chi connectivity index (χ0v) is 10.5. The van der Waals surface area contributed by atoms with Crippen molar-refractivity contribution in [2.24, 2.45) is 5.92 Å². The molecule has 0 bridgehead atoms. The molecule has 0 saturated heterocycles. The number of hydrogen-bond acceptors (Lipinski definition) is 2. The van der Waals surface area contributed by atoms with Gasteiger partial charge in [-0.05, 0) is 12.8 Å². The lowest BCUT2D eigenvalue weighted by molar-refractivity contribution is -0.199. The van der Waals surface area contributed by atoms with E-state index in [2.05, 4.69) is 4.74 Å². The summed E-state index contributed by atoms with van der Waals surface area (Å²) < 4.78 is 42.4. The molecule has 0 aliphatic rings. The topological polar surface area (TPSA) is 26.3 Å². The third-order valence-corrected chi connectivity index (χ3v) is 2.47. The van der Waals surface area contributed by atoms with E-state index in [9.17, 15) is 18.0 Å². The average molecular weight is 254 g/mol. The Kier molecular flexibility index (Phi) is 8.00. The molecule has 0 aromatic rings. The van der Waals surface area contributed by atoms with E-state index in [0.717, 1.165) is 19.3 Å². The van der Waals surface area contributed by atoms with Crippen molar-refractivity contribution >= 4 is 5.97 Å². The van der Waals surface area contributed by atoms with Gasteiger partial charge < -0.3 is 4.74 Å². The molecule has 102 valence electrons. The summed E-state index contributed by atoms with van der Waals surface area (Å²) in [5.41, 5.74) is 0. The van der Waals surface area contributed by atoms with E-state index >= 15 is 0 Å². The highest BCUT2D eigenvalue weighted by molar-refractivity contribution is 5.73. The third-order valence-electron chi connectivity index (χ3n) is 2.47. The van der Waals surface area contributed by atoms with Crippen LogP contribution in [0.25, 0.3) is 0 Å². The Balaban J connectivity index is 4.19. The van der Waals surface area contributed by atoms with Gasteiger partial charge in [-0.2, -0.15) is 13.2 Å². The summed E-state index contributed by atoms with van der Waals surface area (Å²) in [7, 11) is 0. The monoisotopic (exact) mass is 254 g/mol. The molecule has 0 radical (unpaired) electrons. The van der Waals surface area contributed by atoms with Gasteiger partial charge in [0.25, 0.3) is 0 Å². The van der Waals surface area contributed by atoms with Gasteiger partial charge in [0.05, 0.1) is 6.61 Å². The first-order chi connectivity index (χ1) is 7.93. The van der Waals surface area contributed by atoms with Gasteiger partial charge in [0, 0.05) is 0 Å². The van der Waals surface area contributed by atoms with Crippen LogP contribution in [0.15, 0.2) is 0 Å². The lowest BCUT2D eigenvalue weighted by atomic mass is 10.0. The van der Waals surface area contributed by atoms with Gasteiger partial charge in [-0.1, -0.05) is 39.5 Å². The maximum absolute atomic E-state index is 12.6. The molecule has 0 fully saturated rings. The molecule has 0 aromatic heterocycles. The largest absolute Gasteiger partial charge is 0.465 e. The molecule has 5 heteroatoms. The standard InChI is InChI=1S/C12H21F3O2/c1-3-5-6-7-8-10(12(13,14)15)11(16)17-9-4-2/h10H,3-9H2,1-2H3. The number of unbranched alkanes of at least 4 members (excludes halogenated alkanes) is 3. The van der Waals surface area contributed by atoms with Crippen molar-refractivity contribution in [2.45, 2.75) is 58.5 Å². The Bertz CT molecular complexity index is 214. The van der Waals surface area contributed by atoms with Crippen LogP contribution in [0.2, 0.25) is 0 Å². The molecule has 0 heterocycles.